The van der Waals surface area contributed by atoms with E-state index in [0.717, 1.165) is 19.1 Å². The van der Waals surface area contributed by atoms with Crippen molar-refractivity contribution in [2.45, 2.75) is 26.7 Å². The molecule has 0 aliphatic heterocycles. The minimum absolute atomic E-state index is 0.382. The zero-order chi connectivity index (χ0) is 6.20. The summed E-state index contributed by atoms with van der Waals surface area (Å²) in [5, 5.41) is 0. The van der Waals surface area contributed by atoms with E-state index in [0.29, 0.717) is 11.3 Å². The second-order valence-corrected chi connectivity index (χ2v) is 2.95. The lowest BCUT2D eigenvalue weighted by Gasteiger charge is -2.00. The van der Waals surface area contributed by atoms with Gasteiger partial charge in [0.2, 0.25) is 0 Å². The van der Waals surface area contributed by atoms with E-state index in [1.807, 2.05) is 0 Å². The highest BCUT2D eigenvalue weighted by molar-refractivity contribution is 5.59. The van der Waals surface area contributed by atoms with Crippen LogP contribution >= 0.6 is 0 Å². The van der Waals surface area contributed by atoms with Crippen LogP contribution in [0.25, 0.3) is 0 Å². The maximum Gasteiger partial charge on any atom is 0.123 e. The lowest BCUT2D eigenvalue weighted by Crippen LogP contribution is -1.94. The van der Waals surface area contributed by atoms with Gasteiger partial charge in [-0.3, -0.25) is 0 Å². The summed E-state index contributed by atoms with van der Waals surface area (Å²) in [6, 6.07) is 0. The summed E-state index contributed by atoms with van der Waals surface area (Å²) in [6.07, 6.45) is 3.35. The van der Waals surface area contributed by atoms with Gasteiger partial charge in [-0.05, 0) is 11.8 Å². The van der Waals surface area contributed by atoms with Crippen molar-refractivity contribution in [1.82, 2.24) is 0 Å². The molecule has 1 aliphatic carbocycles. The minimum Gasteiger partial charge on any atom is -0.303 e. The molecule has 1 aliphatic rings. The smallest absolute Gasteiger partial charge is 0.123 e. The van der Waals surface area contributed by atoms with Gasteiger partial charge < -0.3 is 4.79 Å². The standard InChI is InChI=1S/C7H12O/c1-3-7(2)4-6(7)5-8/h5-6H,3-4H2,1-2H3/t6-,7+/m1/s1. The van der Waals surface area contributed by atoms with Crippen molar-refractivity contribution in [2.24, 2.45) is 11.3 Å². The first-order chi connectivity index (χ1) is 3.73. The zero-order valence-electron chi connectivity index (χ0n) is 5.48. The number of carbonyl (C=O) groups excluding carboxylic acids is 1. The number of rotatable bonds is 2. The summed E-state index contributed by atoms with van der Waals surface area (Å²) >= 11 is 0. The molecular formula is C7H12O. The van der Waals surface area contributed by atoms with E-state index < -0.39 is 0 Å². The van der Waals surface area contributed by atoms with Gasteiger partial charge in [-0.25, -0.2) is 0 Å². The summed E-state index contributed by atoms with van der Waals surface area (Å²) in [6.45, 7) is 4.32. The van der Waals surface area contributed by atoms with Gasteiger partial charge in [0.1, 0.15) is 6.29 Å². The van der Waals surface area contributed by atoms with Gasteiger partial charge in [0, 0.05) is 5.92 Å². The topological polar surface area (TPSA) is 17.1 Å². The van der Waals surface area contributed by atoms with Crippen LogP contribution < -0.4 is 0 Å². The molecule has 0 heterocycles. The molecule has 1 fully saturated rings. The molecule has 46 valence electrons. The minimum atomic E-state index is 0.382. The quantitative estimate of drug-likeness (QED) is 0.496. The van der Waals surface area contributed by atoms with Gasteiger partial charge >= 0.3 is 0 Å². The Balaban J connectivity index is 2.42. The number of aldehydes is 1. The van der Waals surface area contributed by atoms with E-state index in [1.165, 1.54) is 0 Å². The summed E-state index contributed by atoms with van der Waals surface area (Å²) < 4.78 is 0. The highest BCUT2D eigenvalue weighted by atomic mass is 16.1. The van der Waals surface area contributed by atoms with Gasteiger partial charge in [-0.1, -0.05) is 20.3 Å². The van der Waals surface area contributed by atoms with Gasteiger partial charge in [0.05, 0.1) is 0 Å². The Morgan fingerprint density at radius 1 is 1.88 bits per heavy atom. The van der Waals surface area contributed by atoms with Gasteiger partial charge in [0.15, 0.2) is 0 Å². The van der Waals surface area contributed by atoms with Crippen molar-refractivity contribution in [3.63, 3.8) is 0 Å². The van der Waals surface area contributed by atoms with E-state index in [2.05, 4.69) is 13.8 Å². The second kappa shape index (κ2) is 1.57. The van der Waals surface area contributed by atoms with E-state index in [1.54, 1.807) is 0 Å². The van der Waals surface area contributed by atoms with Crippen LogP contribution in [0.5, 0.6) is 0 Å². The zero-order valence-corrected chi connectivity index (χ0v) is 5.48. The third-order valence-corrected chi connectivity index (χ3v) is 2.39. The molecule has 1 nitrogen and oxygen atoms in total. The van der Waals surface area contributed by atoms with Crippen molar-refractivity contribution in [3.8, 4) is 0 Å². The Morgan fingerprint density at radius 2 is 2.50 bits per heavy atom. The fourth-order valence-electron chi connectivity index (χ4n) is 1.06. The molecule has 1 rings (SSSR count). The van der Waals surface area contributed by atoms with Crippen LogP contribution in [0, 0.1) is 11.3 Å². The second-order valence-electron chi connectivity index (χ2n) is 2.95. The summed E-state index contributed by atoms with van der Waals surface area (Å²) in [7, 11) is 0. The van der Waals surface area contributed by atoms with E-state index in [9.17, 15) is 4.79 Å². The van der Waals surface area contributed by atoms with Crippen LogP contribution in [0.4, 0.5) is 0 Å². The third-order valence-electron chi connectivity index (χ3n) is 2.39. The predicted octanol–water partition coefficient (Wildman–Crippen LogP) is 1.62. The Kier molecular flexibility index (Phi) is 1.14. The molecule has 0 radical (unpaired) electrons. The van der Waals surface area contributed by atoms with Gasteiger partial charge in [-0.2, -0.15) is 0 Å². The van der Waals surface area contributed by atoms with Crippen molar-refractivity contribution in [3.05, 3.63) is 0 Å². The molecule has 1 saturated carbocycles. The molecule has 0 aromatic carbocycles. The number of hydrogen-bond acceptors (Lipinski definition) is 1. The van der Waals surface area contributed by atoms with Crippen LogP contribution in [-0.2, 0) is 4.79 Å². The first kappa shape index (κ1) is 5.80. The molecule has 0 aromatic heterocycles. The molecule has 0 amide bonds. The number of carbonyl (C=O) groups is 1. The maximum atomic E-state index is 10.1. The molecule has 0 spiro atoms. The summed E-state index contributed by atoms with van der Waals surface area (Å²) in [5.74, 6) is 0.382. The van der Waals surface area contributed by atoms with Gasteiger partial charge in [-0.15, -0.1) is 0 Å². The average Bonchev–Trinajstić information content (AvgIpc) is 2.44. The molecular weight excluding hydrogens is 100 g/mol. The van der Waals surface area contributed by atoms with Crippen LogP contribution in [-0.4, -0.2) is 6.29 Å². The Bertz CT molecular complexity index is 109. The van der Waals surface area contributed by atoms with Crippen LogP contribution in [0.3, 0.4) is 0 Å². The fraction of sp³-hybridized carbons (Fsp3) is 0.857. The van der Waals surface area contributed by atoms with Crippen molar-refractivity contribution < 1.29 is 4.79 Å². The lowest BCUT2D eigenvalue weighted by atomic mass is 10.0. The normalized spacial score (nSPS) is 44.0. The van der Waals surface area contributed by atoms with Crippen molar-refractivity contribution >= 4 is 6.29 Å². The lowest BCUT2D eigenvalue weighted by molar-refractivity contribution is -0.109. The van der Waals surface area contributed by atoms with Crippen LogP contribution in [0.2, 0.25) is 0 Å². The largest absolute Gasteiger partial charge is 0.303 e. The maximum absolute atomic E-state index is 10.1. The third kappa shape index (κ3) is 0.662. The van der Waals surface area contributed by atoms with Crippen LogP contribution in [0.1, 0.15) is 26.7 Å². The molecule has 0 unspecified atom stereocenters. The monoisotopic (exact) mass is 112 g/mol. The predicted molar refractivity (Wildman–Crippen MR) is 32.6 cm³/mol. The molecule has 0 saturated heterocycles. The van der Waals surface area contributed by atoms with Crippen molar-refractivity contribution in [1.29, 1.82) is 0 Å². The fourth-order valence-corrected chi connectivity index (χ4v) is 1.06. The Morgan fingerprint density at radius 3 is 2.62 bits per heavy atom. The molecule has 0 aromatic rings. The molecule has 1 heteroatoms. The van der Waals surface area contributed by atoms with E-state index >= 15 is 0 Å². The van der Waals surface area contributed by atoms with E-state index in [4.69, 9.17) is 0 Å². The molecule has 8 heavy (non-hydrogen) atoms. The van der Waals surface area contributed by atoms with Crippen LogP contribution in [0.15, 0.2) is 0 Å². The highest BCUT2D eigenvalue weighted by Gasteiger charge is 2.47. The first-order valence-corrected chi connectivity index (χ1v) is 3.18. The first-order valence-electron chi connectivity index (χ1n) is 3.18. The van der Waals surface area contributed by atoms with E-state index in [-0.39, 0.29) is 0 Å². The van der Waals surface area contributed by atoms with Crippen molar-refractivity contribution in [2.75, 3.05) is 0 Å². The van der Waals surface area contributed by atoms with Gasteiger partial charge in [0.25, 0.3) is 0 Å². The summed E-state index contributed by atoms with van der Waals surface area (Å²) in [5.41, 5.74) is 0.391. The highest BCUT2D eigenvalue weighted by Crippen LogP contribution is 2.53. The Labute approximate surface area is 50.1 Å². The summed E-state index contributed by atoms with van der Waals surface area (Å²) in [4.78, 5) is 10.1. The molecule has 0 bridgehead atoms. The molecule has 0 N–H and O–H groups in total. The average molecular weight is 112 g/mol. The Hall–Kier alpha value is -0.330. The molecule has 2 atom stereocenters. The SMILES string of the molecule is CC[C@@]1(C)C[C@@H]1C=O. The number of hydrogen-bond donors (Lipinski definition) is 0.